The predicted octanol–water partition coefficient (Wildman–Crippen LogP) is 2.18. The number of hydrogen-bond acceptors (Lipinski definition) is 3. The molecule has 0 unspecified atom stereocenters. The van der Waals surface area contributed by atoms with E-state index in [-0.39, 0.29) is 18.1 Å². The van der Waals surface area contributed by atoms with Crippen molar-refractivity contribution in [3.05, 3.63) is 36.3 Å². The van der Waals surface area contributed by atoms with E-state index >= 15 is 0 Å². The number of nitrogens with zero attached hydrogens (tertiary/aromatic N) is 2. The van der Waals surface area contributed by atoms with Crippen LogP contribution in [-0.4, -0.2) is 26.4 Å². The lowest BCUT2D eigenvalue weighted by Crippen LogP contribution is -2.28. The maximum Gasteiger partial charge on any atom is 0.156 e. The van der Waals surface area contributed by atoms with Crippen LogP contribution in [0.3, 0.4) is 0 Å². The summed E-state index contributed by atoms with van der Waals surface area (Å²) < 4.78 is 13.9. The lowest BCUT2D eigenvalue weighted by Gasteiger charge is -2.24. The van der Waals surface area contributed by atoms with Gasteiger partial charge in [0, 0.05) is 32.4 Å². The van der Waals surface area contributed by atoms with Gasteiger partial charge in [0.1, 0.15) is 5.82 Å². The van der Waals surface area contributed by atoms with Gasteiger partial charge in [-0.15, -0.1) is 0 Å². The Labute approximate surface area is 100 Å². The Balaban J connectivity index is 2.30. The number of rotatable bonds is 2. The van der Waals surface area contributed by atoms with Crippen molar-refractivity contribution in [2.24, 2.45) is 0 Å². The van der Waals surface area contributed by atoms with Gasteiger partial charge in [-0.2, -0.15) is 0 Å². The van der Waals surface area contributed by atoms with Gasteiger partial charge >= 0.3 is 0 Å². The zero-order valence-corrected chi connectivity index (χ0v) is 9.98. The zero-order valence-electron chi connectivity index (χ0n) is 9.98. The van der Waals surface area contributed by atoms with E-state index in [1.54, 1.807) is 23.2 Å². The first-order valence-electron chi connectivity index (χ1n) is 5.50. The monoisotopic (exact) mass is 234 g/mol. The molecule has 0 amide bonds. The Hall–Kier alpha value is -1.84. The first-order chi connectivity index (χ1) is 8.08. The Morgan fingerprint density at radius 3 is 2.71 bits per heavy atom. The minimum absolute atomic E-state index is 0.101. The highest BCUT2D eigenvalue weighted by Crippen LogP contribution is 2.25. The van der Waals surface area contributed by atoms with Gasteiger partial charge in [0.15, 0.2) is 5.78 Å². The third kappa shape index (κ3) is 2.46. The molecule has 1 aliphatic rings. The van der Waals surface area contributed by atoms with Crippen molar-refractivity contribution in [1.82, 2.24) is 0 Å². The van der Waals surface area contributed by atoms with Gasteiger partial charge in [-0.1, -0.05) is 6.08 Å². The van der Waals surface area contributed by atoms with Crippen LogP contribution in [0.5, 0.6) is 0 Å². The van der Waals surface area contributed by atoms with Crippen molar-refractivity contribution in [2.75, 3.05) is 30.4 Å². The van der Waals surface area contributed by atoms with E-state index in [4.69, 9.17) is 0 Å². The second kappa shape index (κ2) is 4.57. The molecule has 90 valence electrons. The number of anilines is 2. The topological polar surface area (TPSA) is 23.6 Å². The molecule has 0 saturated heterocycles. The fourth-order valence-electron chi connectivity index (χ4n) is 1.79. The molecule has 0 aromatic heterocycles. The van der Waals surface area contributed by atoms with Crippen LogP contribution in [0.2, 0.25) is 0 Å². The molecule has 0 N–H and O–H groups in total. The van der Waals surface area contributed by atoms with E-state index in [1.807, 2.05) is 25.1 Å². The number of allylic oxidation sites excluding steroid dienone is 1. The highest BCUT2D eigenvalue weighted by Gasteiger charge is 2.16. The van der Waals surface area contributed by atoms with Crippen LogP contribution in [0.4, 0.5) is 15.8 Å². The van der Waals surface area contributed by atoms with Crippen molar-refractivity contribution in [1.29, 1.82) is 0 Å². The summed E-state index contributed by atoms with van der Waals surface area (Å²) in [5.74, 6) is -0.209. The van der Waals surface area contributed by atoms with E-state index in [9.17, 15) is 9.18 Å². The smallest absolute Gasteiger partial charge is 0.156 e. The quantitative estimate of drug-likeness (QED) is 0.783. The summed E-state index contributed by atoms with van der Waals surface area (Å²) in [6.45, 7) is 0.245. The molecular formula is C13H15FN2O. The summed E-state index contributed by atoms with van der Waals surface area (Å²) in [4.78, 5) is 14.8. The maximum absolute atomic E-state index is 13.9. The van der Waals surface area contributed by atoms with Crippen molar-refractivity contribution >= 4 is 17.2 Å². The second-order valence-electron chi connectivity index (χ2n) is 4.29. The summed E-state index contributed by atoms with van der Waals surface area (Å²) in [7, 11) is 3.72. The molecular weight excluding hydrogens is 219 g/mol. The molecule has 0 bridgehead atoms. The summed E-state index contributed by atoms with van der Waals surface area (Å²) in [5, 5.41) is 0. The molecule has 4 heteroatoms. The number of hydrogen-bond donors (Lipinski definition) is 0. The Morgan fingerprint density at radius 1 is 1.35 bits per heavy atom. The lowest BCUT2D eigenvalue weighted by molar-refractivity contribution is -0.117. The summed E-state index contributed by atoms with van der Waals surface area (Å²) >= 11 is 0. The third-order valence-electron chi connectivity index (χ3n) is 2.73. The molecule has 2 rings (SSSR count). The average Bonchev–Trinajstić information content (AvgIpc) is 2.28. The predicted molar refractivity (Wildman–Crippen MR) is 66.8 cm³/mol. The number of Topliss-reactive ketones (excluding diaryl/α,β-unsaturated/α-hetero) is 1. The third-order valence-corrected chi connectivity index (χ3v) is 2.73. The highest BCUT2D eigenvalue weighted by atomic mass is 19.1. The van der Waals surface area contributed by atoms with Crippen LogP contribution >= 0.6 is 0 Å². The number of carbonyl (C=O) groups is 1. The number of halogens is 1. The lowest BCUT2D eigenvalue weighted by atomic mass is 10.1. The Kier molecular flexibility index (Phi) is 3.13. The van der Waals surface area contributed by atoms with E-state index in [2.05, 4.69) is 0 Å². The summed E-state index contributed by atoms with van der Waals surface area (Å²) in [6, 6.07) is 5.02. The van der Waals surface area contributed by atoms with Crippen molar-refractivity contribution in [2.45, 2.75) is 6.42 Å². The van der Waals surface area contributed by atoms with Crippen LogP contribution in [0.1, 0.15) is 6.42 Å². The minimum atomic E-state index is -0.310. The molecule has 0 fully saturated rings. The standard InChI is InChI=1S/C13H15FN2O/c1-15(2)10-5-6-13(12(14)8-10)16-7-3-4-11(17)9-16/h3,5-8H,4,9H2,1-2H3. The second-order valence-corrected chi connectivity index (χ2v) is 4.29. The molecule has 0 atom stereocenters. The normalized spacial score (nSPS) is 15.2. The summed E-state index contributed by atoms with van der Waals surface area (Å²) in [5.41, 5.74) is 1.25. The van der Waals surface area contributed by atoms with Crippen LogP contribution in [0.15, 0.2) is 30.5 Å². The molecule has 0 aliphatic carbocycles. The first kappa shape index (κ1) is 11.6. The first-order valence-corrected chi connectivity index (χ1v) is 5.50. The number of benzene rings is 1. The van der Waals surface area contributed by atoms with Gasteiger partial charge in [0.05, 0.1) is 12.2 Å². The molecule has 0 saturated carbocycles. The van der Waals surface area contributed by atoms with Crippen LogP contribution in [0.25, 0.3) is 0 Å². The van der Waals surface area contributed by atoms with Gasteiger partial charge < -0.3 is 9.80 Å². The van der Waals surface area contributed by atoms with E-state index in [0.29, 0.717) is 12.1 Å². The van der Waals surface area contributed by atoms with Gasteiger partial charge in [-0.25, -0.2) is 4.39 Å². The molecule has 1 aliphatic heterocycles. The minimum Gasteiger partial charge on any atom is -0.378 e. The van der Waals surface area contributed by atoms with E-state index in [1.165, 1.54) is 6.07 Å². The largest absolute Gasteiger partial charge is 0.378 e. The van der Waals surface area contributed by atoms with E-state index < -0.39 is 0 Å². The van der Waals surface area contributed by atoms with Crippen LogP contribution in [-0.2, 0) is 4.79 Å². The molecule has 1 heterocycles. The van der Waals surface area contributed by atoms with Gasteiger partial charge in [-0.05, 0) is 18.2 Å². The molecule has 1 aromatic carbocycles. The Morgan fingerprint density at radius 2 is 2.12 bits per heavy atom. The van der Waals surface area contributed by atoms with Crippen LogP contribution in [0, 0.1) is 5.82 Å². The van der Waals surface area contributed by atoms with Crippen molar-refractivity contribution in [3.8, 4) is 0 Å². The van der Waals surface area contributed by atoms with Crippen LogP contribution < -0.4 is 9.80 Å². The molecule has 3 nitrogen and oxygen atoms in total. The Bertz CT molecular complexity index is 468. The molecule has 17 heavy (non-hydrogen) atoms. The summed E-state index contributed by atoms with van der Waals surface area (Å²) in [6.07, 6.45) is 3.95. The fraction of sp³-hybridized carbons (Fsp3) is 0.308. The maximum atomic E-state index is 13.9. The zero-order chi connectivity index (χ0) is 12.4. The van der Waals surface area contributed by atoms with Crippen molar-refractivity contribution in [3.63, 3.8) is 0 Å². The molecule has 0 radical (unpaired) electrons. The van der Waals surface area contributed by atoms with Gasteiger partial charge in [0.25, 0.3) is 0 Å². The van der Waals surface area contributed by atoms with E-state index in [0.717, 1.165) is 5.69 Å². The fourth-order valence-corrected chi connectivity index (χ4v) is 1.79. The SMILES string of the molecule is CN(C)c1ccc(N2C=CCC(=O)C2)c(F)c1. The molecule has 0 spiro atoms. The number of ketones is 1. The van der Waals surface area contributed by atoms with Gasteiger partial charge in [-0.3, -0.25) is 4.79 Å². The number of carbonyl (C=O) groups excluding carboxylic acids is 1. The van der Waals surface area contributed by atoms with Crippen molar-refractivity contribution < 1.29 is 9.18 Å². The van der Waals surface area contributed by atoms with Gasteiger partial charge in [0.2, 0.25) is 0 Å². The molecule has 1 aromatic rings. The highest BCUT2D eigenvalue weighted by molar-refractivity contribution is 5.87. The average molecular weight is 234 g/mol.